The summed E-state index contributed by atoms with van der Waals surface area (Å²) in [6.45, 7) is 3.89. The highest BCUT2D eigenvalue weighted by atomic mass is 32.2. The third kappa shape index (κ3) is 3.01. The van der Waals surface area contributed by atoms with Gasteiger partial charge in [0.05, 0.1) is 24.2 Å². The fraction of sp³-hybridized carbons (Fsp3) is 0.316. The molecule has 0 amide bonds. The Hall–Kier alpha value is -2.94. The number of benzene rings is 1. The van der Waals surface area contributed by atoms with E-state index >= 15 is 0 Å². The quantitative estimate of drug-likeness (QED) is 0.458. The molecular weight excluding hydrogens is 382 g/mol. The molecular formula is C19H19N3O5S. The topological polar surface area (TPSA) is 103 Å². The van der Waals surface area contributed by atoms with Crippen LogP contribution >= 0.6 is 11.8 Å². The lowest BCUT2D eigenvalue weighted by molar-refractivity contribution is -0.136. The first-order valence-electron chi connectivity index (χ1n) is 8.76. The van der Waals surface area contributed by atoms with Crippen LogP contribution in [0.2, 0.25) is 0 Å². The van der Waals surface area contributed by atoms with E-state index in [1.807, 2.05) is 13.0 Å². The minimum Gasteiger partial charge on any atom is -0.466 e. The number of H-pyrrole nitrogens is 1. The number of esters is 1. The van der Waals surface area contributed by atoms with Crippen LogP contribution in [0.25, 0.3) is 0 Å². The van der Waals surface area contributed by atoms with E-state index in [1.165, 1.54) is 18.9 Å². The van der Waals surface area contributed by atoms with Crippen LogP contribution in [-0.4, -0.2) is 35.6 Å². The van der Waals surface area contributed by atoms with E-state index < -0.39 is 11.9 Å². The molecule has 1 unspecified atom stereocenters. The maximum atomic E-state index is 13.0. The van der Waals surface area contributed by atoms with Crippen LogP contribution < -0.4 is 20.3 Å². The second kappa shape index (κ2) is 7.23. The highest BCUT2D eigenvalue weighted by molar-refractivity contribution is 7.99. The number of methoxy groups -OCH3 is 1. The summed E-state index contributed by atoms with van der Waals surface area (Å²) in [5, 5.41) is 3.62. The van der Waals surface area contributed by atoms with Gasteiger partial charge in [0.2, 0.25) is 6.79 Å². The fourth-order valence-electron chi connectivity index (χ4n) is 3.44. The predicted molar refractivity (Wildman–Crippen MR) is 104 cm³/mol. The second-order valence-electron chi connectivity index (χ2n) is 6.27. The second-order valence-corrected chi connectivity index (χ2v) is 7.52. The Morgan fingerprint density at radius 1 is 1.36 bits per heavy atom. The molecule has 4 rings (SSSR count). The summed E-state index contributed by atoms with van der Waals surface area (Å²) < 4.78 is 15.8. The molecule has 3 heterocycles. The van der Waals surface area contributed by atoms with Crippen LogP contribution in [0, 0.1) is 0 Å². The molecule has 0 radical (unpaired) electrons. The van der Waals surface area contributed by atoms with Gasteiger partial charge in [-0.25, -0.2) is 9.78 Å². The molecule has 2 N–H and O–H groups in total. The summed E-state index contributed by atoms with van der Waals surface area (Å²) >= 11 is 1.44. The average Bonchev–Trinajstić information content (AvgIpc) is 3.14. The van der Waals surface area contributed by atoms with E-state index in [9.17, 15) is 9.59 Å². The number of thioether (sulfide) groups is 1. The summed E-state index contributed by atoms with van der Waals surface area (Å²) in [5.74, 6) is 1.25. The summed E-state index contributed by atoms with van der Waals surface area (Å²) in [6, 6.07) is 5.37. The SMILES string of the molecule is CCSc1nc2c(c(=O)[nH]1)C(c1ccc3c(c1)OCO3)C(C(=O)OC)=C(C)N2. The summed E-state index contributed by atoms with van der Waals surface area (Å²) in [6.07, 6.45) is 0. The van der Waals surface area contributed by atoms with Gasteiger partial charge < -0.3 is 24.5 Å². The summed E-state index contributed by atoms with van der Waals surface area (Å²) in [4.78, 5) is 32.9. The Labute approximate surface area is 165 Å². The average molecular weight is 401 g/mol. The van der Waals surface area contributed by atoms with Gasteiger partial charge in [0.1, 0.15) is 5.82 Å². The molecule has 1 aromatic heterocycles. The minimum absolute atomic E-state index is 0.139. The van der Waals surface area contributed by atoms with Gasteiger partial charge in [-0.2, -0.15) is 0 Å². The normalized spacial score (nSPS) is 17.2. The molecule has 2 aliphatic rings. The highest BCUT2D eigenvalue weighted by Gasteiger charge is 2.36. The van der Waals surface area contributed by atoms with Crippen molar-refractivity contribution in [3.05, 3.63) is 50.9 Å². The molecule has 28 heavy (non-hydrogen) atoms. The molecule has 0 saturated carbocycles. The third-order valence-corrected chi connectivity index (χ3v) is 5.39. The van der Waals surface area contributed by atoms with E-state index in [-0.39, 0.29) is 12.4 Å². The molecule has 0 saturated heterocycles. The smallest absolute Gasteiger partial charge is 0.336 e. The maximum Gasteiger partial charge on any atom is 0.336 e. The lowest BCUT2D eigenvalue weighted by Crippen LogP contribution is -2.31. The van der Waals surface area contributed by atoms with Crippen molar-refractivity contribution in [3.8, 4) is 11.5 Å². The monoisotopic (exact) mass is 401 g/mol. The zero-order valence-corrected chi connectivity index (χ0v) is 16.4. The van der Waals surface area contributed by atoms with Gasteiger partial charge in [-0.15, -0.1) is 0 Å². The van der Waals surface area contributed by atoms with Gasteiger partial charge >= 0.3 is 5.97 Å². The predicted octanol–water partition coefficient (Wildman–Crippen LogP) is 2.62. The number of allylic oxidation sites excluding steroid dienone is 1. The van der Waals surface area contributed by atoms with Crippen molar-refractivity contribution in [3.63, 3.8) is 0 Å². The lowest BCUT2D eigenvalue weighted by Gasteiger charge is -2.28. The number of aromatic nitrogens is 2. The van der Waals surface area contributed by atoms with Crippen LogP contribution in [0.15, 0.2) is 39.4 Å². The van der Waals surface area contributed by atoms with Crippen molar-refractivity contribution in [2.45, 2.75) is 24.9 Å². The van der Waals surface area contributed by atoms with Gasteiger partial charge in [-0.3, -0.25) is 4.79 Å². The van der Waals surface area contributed by atoms with Crippen molar-refractivity contribution in [2.75, 3.05) is 25.0 Å². The number of rotatable bonds is 4. The van der Waals surface area contributed by atoms with Gasteiger partial charge in [0, 0.05) is 5.70 Å². The zero-order chi connectivity index (χ0) is 19.8. The minimum atomic E-state index is -0.643. The molecule has 146 valence electrons. The number of hydrogen-bond donors (Lipinski definition) is 2. The Morgan fingerprint density at radius 3 is 2.89 bits per heavy atom. The van der Waals surface area contributed by atoms with Crippen LogP contribution in [0.4, 0.5) is 5.82 Å². The molecule has 8 nitrogen and oxygen atoms in total. The number of carbonyl (C=O) groups is 1. The maximum absolute atomic E-state index is 13.0. The van der Waals surface area contributed by atoms with E-state index in [0.29, 0.717) is 39.3 Å². The number of carbonyl (C=O) groups excluding carboxylic acids is 1. The fourth-order valence-corrected chi connectivity index (χ4v) is 4.04. The van der Waals surface area contributed by atoms with E-state index in [0.717, 1.165) is 11.3 Å². The summed E-state index contributed by atoms with van der Waals surface area (Å²) in [5.41, 5.74) is 1.73. The van der Waals surface area contributed by atoms with Gasteiger partial charge in [0.15, 0.2) is 16.7 Å². The van der Waals surface area contributed by atoms with Gasteiger partial charge in [-0.05, 0) is 30.4 Å². The Morgan fingerprint density at radius 2 is 2.14 bits per heavy atom. The number of aromatic amines is 1. The van der Waals surface area contributed by atoms with Crippen LogP contribution in [0.5, 0.6) is 11.5 Å². The molecule has 2 aliphatic heterocycles. The van der Waals surface area contributed by atoms with Crippen LogP contribution in [-0.2, 0) is 9.53 Å². The number of nitrogens with zero attached hydrogens (tertiary/aromatic N) is 1. The Bertz CT molecular complexity index is 1050. The number of nitrogens with one attached hydrogen (secondary N) is 2. The zero-order valence-electron chi connectivity index (χ0n) is 15.6. The lowest BCUT2D eigenvalue weighted by atomic mass is 9.82. The molecule has 0 spiro atoms. The molecule has 1 atom stereocenters. The Balaban J connectivity index is 1.93. The number of fused-ring (bicyclic) bond motifs is 2. The van der Waals surface area contributed by atoms with Gasteiger partial charge in [-0.1, -0.05) is 24.8 Å². The van der Waals surface area contributed by atoms with Crippen LogP contribution in [0.3, 0.4) is 0 Å². The third-order valence-electron chi connectivity index (χ3n) is 4.64. The van der Waals surface area contributed by atoms with E-state index in [2.05, 4.69) is 15.3 Å². The number of hydrogen-bond acceptors (Lipinski definition) is 8. The first-order chi connectivity index (χ1) is 13.5. The van der Waals surface area contributed by atoms with Crippen molar-refractivity contribution >= 4 is 23.5 Å². The number of ether oxygens (including phenoxy) is 3. The first-order valence-corrected chi connectivity index (χ1v) is 9.74. The molecule has 0 bridgehead atoms. The van der Waals surface area contributed by atoms with Gasteiger partial charge in [0.25, 0.3) is 5.56 Å². The van der Waals surface area contributed by atoms with E-state index in [1.54, 1.807) is 19.1 Å². The largest absolute Gasteiger partial charge is 0.466 e. The van der Waals surface area contributed by atoms with Crippen LogP contribution in [0.1, 0.15) is 30.9 Å². The molecule has 9 heteroatoms. The molecule has 2 aromatic rings. The molecule has 0 fully saturated rings. The molecule has 1 aromatic carbocycles. The Kier molecular flexibility index (Phi) is 4.76. The van der Waals surface area contributed by atoms with Crippen molar-refractivity contribution < 1.29 is 19.0 Å². The summed E-state index contributed by atoms with van der Waals surface area (Å²) in [7, 11) is 1.32. The standard InChI is InChI=1S/C19H19N3O5S/c1-4-28-19-21-16-15(17(23)22-19)14(13(9(2)20-16)18(24)25-3)10-5-6-11-12(7-10)27-8-26-11/h5-7,14H,4,8H2,1-3H3,(H2,20,21,22,23). The molecule has 0 aliphatic carbocycles. The van der Waals surface area contributed by atoms with Crippen molar-refractivity contribution in [2.24, 2.45) is 0 Å². The van der Waals surface area contributed by atoms with Crippen molar-refractivity contribution in [1.29, 1.82) is 0 Å². The highest BCUT2D eigenvalue weighted by Crippen LogP contribution is 2.43. The first kappa shape index (κ1) is 18.4. The van der Waals surface area contributed by atoms with E-state index in [4.69, 9.17) is 14.2 Å². The number of anilines is 1. The van der Waals surface area contributed by atoms with Crippen molar-refractivity contribution in [1.82, 2.24) is 9.97 Å².